The fraction of sp³-hybridized carbons (Fsp3) is 0.273. The van der Waals surface area contributed by atoms with Gasteiger partial charge in [0.15, 0.2) is 0 Å². The quantitative estimate of drug-likeness (QED) is 0.733. The molecule has 0 radical (unpaired) electrons. The molecular weight excluding hydrogens is 266 g/mol. The first-order chi connectivity index (χ1) is 9.15. The lowest BCUT2D eigenvalue weighted by Gasteiger charge is -2.10. The highest BCUT2D eigenvalue weighted by atomic mass is 35.5. The van der Waals surface area contributed by atoms with Crippen molar-refractivity contribution in [2.45, 2.75) is 13.5 Å². The topological polar surface area (TPSA) is 72.9 Å². The molecule has 3 aromatic heterocycles. The Labute approximate surface area is 114 Å². The van der Waals surface area contributed by atoms with Crippen molar-refractivity contribution in [2.75, 3.05) is 5.32 Å². The van der Waals surface area contributed by atoms with Crippen LogP contribution < -0.4 is 5.32 Å². The standard InChI is InChI=1S/C11H12ClN7/c1-7-9(12)16-11-14-6-15-19(11)10(7)13-5-8-3-4-18(2)17-8/h3-4,6,13H,5H2,1-2H3. The SMILES string of the molecule is Cc1c(Cl)nc2ncnn2c1NCc1ccn(C)n1. The lowest BCUT2D eigenvalue weighted by atomic mass is 10.3. The van der Waals surface area contributed by atoms with Crippen molar-refractivity contribution in [3.05, 3.63) is 35.0 Å². The summed E-state index contributed by atoms with van der Waals surface area (Å²) in [6.45, 7) is 2.47. The Morgan fingerprint density at radius 3 is 3.00 bits per heavy atom. The van der Waals surface area contributed by atoms with Gasteiger partial charge in [-0.15, -0.1) is 0 Å². The minimum absolute atomic E-state index is 0.420. The number of halogens is 1. The van der Waals surface area contributed by atoms with Gasteiger partial charge < -0.3 is 5.32 Å². The molecule has 0 saturated heterocycles. The van der Waals surface area contributed by atoms with Gasteiger partial charge in [-0.25, -0.2) is 0 Å². The van der Waals surface area contributed by atoms with Gasteiger partial charge in [0.1, 0.15) is 17.3 Å². The molecule has 0 spiro atoms. The number of rotatable bonds is 3. The molecule has 3 rings (SSSR count). The van der Waals surface area contributed by atoms with Crippen LogP contribution in [0.5, 0.6) is 0 Å². The van der Waals surface area contributed by atoms with Gasteiger partial charge >= 0.3 is 0 Å². The van der Waals surface area contributed by atoms with E-state index in [0.717, 1.165) is 17.1 Å². The zero-order valence-electron chi connectivity index (χ0n) is 10.5. The number of aromatic nitrogens is 6. The first-order valence-electron chi connectivity index (χ1n) is 5.73. The Kier molecular flexibility index (Phi) is 2.83. The maximum atomic E-state index is 6.08. The van der Waals surface area contributed by atoms with Gasteiger partial charge in [-0.05, 0) is 13.0 Å². The van der Waals surface area contributed by atoms with Gasteiger partial charge in [-0.1, -0.05) is 11.6 Å². The largest absolute Gasteiger partial charge is 0.364 e. The Bertz CT molecular complexity index is 730. The molecule has 0 amide bonds. The van der Waals surface area contributed by atoms with Crippen LogP contribution in [0.4, 0.5) is 5.82 Å². The van der Waals surface area contributed by atoms with Crippen LogP contribution in [-0.2, 0) is 13.6 Å². The normalized spacial score (nSPS) is 11.1. The van der Waals surface area contributed by atoms with E-state index in [1.165, 1.54) is 6.33 Å². The molecule has 98 valence electrons. The van der Waals surface area contributed by atoms with Crippen molar-refractivity contribution in [1.29, 1.82) is 0 Å². The highest BCUT2D eigenvalue weighted by molar-refractivity contribution is 6.30. The van der Waals surface area contributed by atoms with Gasteiger partial charge in [0.05, 0.1) is 12.2 Å². The number of nitrogens with one attached hydrogen (secondary N) is 1. The van der Waals surface area contributed by atoms with Crippen LogP contribution in [0.15, 0.2) is 18.6 Å². The molecule has 0 bridgehead atoms. The monoisotopic (exact) mass is 277 g/mol. The molecule has 0 aliphatic heterocycles. The van der Waals surface area contributed by atoms with Gasteiger partial charge in [-0.2, -0.15) is 24.7 Å². The molecule has 19 heavy (non-hydrogen) atoms. The summed E-state index contributed by atoms with van der Waals surface area (Å²) in [5, 5.41) is 12.1. The lowest BCUT2D eigenvalue weighted by molar-refractivity contribution is 0.746. The van der Waals surface area contributed by atoms with Crippen LogP contribution in [-0.4, -0.2) is 29.4 Å². The summed E-state index contributed by atoms with van der Waals surface area (Å²) in [7, 11) is 1.88. The second-order valence-corrected chi connectivity index (χ2v) is 4.54. The first kappa shape index (κ1) is 11.9. The van der Waals surface area contributed by atoms with E-state index >= 15 is 0 Å². The van der Waals surface area contributed by atoms with E-state index in [2.05, 4.69) is 25.5 Å². The maximum Gasteiger partial charge on any atom is 0.255 e. The van der Waals surface area contributed by atoms with E-state index < -0.39 is 0 Å². The van der Waals surface area contributed by atoms with Gasteiger partial charge in [0.25, 0.3) is 5.78 Å². The Morgan fingerprint density at radius 2 is 2.26 bits per heavy atom. The predicted octanol–water partition coefficient (Wildman–Crippen LogP) is 1.43. The van der Waals surface area contributed by atoms with E-state index in [9.17, 15) is 0 Å². The van der Waals surface area contributed by atoms with E-state index in [1.807, 2.05) is 26.2 Å². The number of fused-ring (bicyclic) bond motifs is 1. The first-order valence-corrected chi connectivity index (χ1v) is 6.11. The number of aryl methyl sites for hydroxylation is 1. The third kappa shape index (κ3) is 2.12. The van der Waals surface area contributed by atoms with Gasteiger partial charge in [0, 0.05) is 18.8 Å². The third-order valence-electron chi connectivity index (χ3n) is 2.81. The van der Waals surface area contributed by atoms with E-state index in [-0.39, 0.29) is 0 Å². The van der Waals surface area contributed by atoms with Crippen LogP contribution in [0.25, 0.3) is 5.78 Å². The molecule has 3 heterocycles. The molecule has 0 unspecified atom stereocenters. The molecular formula is C11H12ClN7. The van der Waals surface area contributed by atoms with Crippen LogP contribution >= 0.6 is 11.6 Å². The summed E-state index contributed by atoms with van der Waals surface area (Å²) in [6, 6.07) is 1.95. The molecule has 0 atom stereocenters. The van der Waals surface area contributed by atoms with Crippen LogP contribution in [0.1, 0.15) is 11.3 Å². The number of nitrogens with zero attached hydrogens (tertiary/aromatic N) is 6. The number of hydrogen-bond donors (Lipinski definition) is 1. The minimum atomic E-state index is 0.420. The molecule has 0 fully saturated rings. The summed E-state index contributed by atoms with van der Waals surface area (Å²) in [6.07, 6.45) is 3.35. The Balaban J connectivity index is 1.95. The Hall–Kier alpha value is -2.15. The molecule has 0 aliphatic carbocycles. The maximum absolute atomic E-state index is 6.08. The van der Waals surface area contributed by atoms with Crippen LogP contribution in [0.2, 0.25) is 5.15 Å². The molecule has 8 heteroatoms. The van der Waals surface area contributed by atoms with Crippen molar-refractivity contribution in [2.24, 2.45) is 7.05 Å². The average molecular weight is 278 g/mol. The molecule has 0 aliphatic rings. The molecule has 0 aromatic carbocycles. The third-order valence-corrected chi connectivity index (χ3v) is 3.18. The van der Waals surface area contributed by atoms with Crippen molar-refractivity contribution in [3.8, 4) is 0 Å². The summed E-state index contributed by atoms with van der Waals surface area (Å²) < 4.78 is 3.39. The van der Waals surface area contributed by atoms with Crippen LogP contribution in [0.3, 0.4) is 0 Å². The summed E-state index contributed by atoms with van der Waals surface area (Å²) in [5.41, 5.74) is 1.76. The fourth-order valence-electron chi connectivity index (χ4n) is 1.84. The molecule has 1 N–H and O–H groups in total. The van der Waals surface area contributed by atoms with Gasteiger partial charge in [0.2, 0.25) is 0 Å². The average Bonchev–Trinajstić information content (AvgIpc) is 2.99. The van der Waals surface area contributed by atoms with Crippen molar-refractivity contribution < 1.29 is 0 Å². The fourth-order valence-corrected chi connectivity index (χ4v) is 2.00. The molecule has 7 nitrogen and oxygen atoms in total. The van der Waals surface area contributed by atoms with Crippen molar-refractivity contribution in [3.63, 3.8) is 0 Å². The molecule has 3 aromatic rings. The second-order valence-electron chi connectivity index (χ2n) is 4.18. The zero-order chi connectivity index (χ0) is 13.4. The van der Waals surface area contributed by atoms with Crippen molar-refractivity contribution in [1.82, 2.24) is 29.4 Å². The molecule has 0 saturated carbocycles. The smallest absolute Gasteiger partial charge is 0.255 e. The summed E-state index contributed by atoms with van der Waals surface area (Å²) in [5.74, 6) is 1.25. The van der Waals surface area contributed by atoms with Gasteiger partial charge in [-0.3, -0.25) is 4.68 Å². The summed E-state index contributed by atoms with van der Waals surface area (Å²) >= 11 is 6.08. The lowest BCUT2D eigenvalue weighted by Crippen LogP contribution is -2.09. The van der Waals surface area contributed by atoms with Crippen LogP contribution in [0, 0.1) is 6.92 Å². The summed E-state index contributed by atoms with van der Waals surface area (Å²) in [4.78, 5) is 8.19. The van der Waals surface area contributed by atoms with E-state index in [0.29, 0.717) is 17.5 Å². The number of anilines is 1. The van der Waals surface area contributed by atoms with Crippen molar-refractivity contribution >= 4 is 23.2 Å². The van der Waals surface area contributed by atoms with E-state index in [4.69, 9.17) is 11.6 Å². The highest BCUT2D eigenvalue weighted by Crippen LogP contribution is 2.22. The highest BCUT2D eigenvalue weighted by Gasteiger charge is 2.12. The second kappa shape index (κ2) is 4.51. The minimum Gasteiger partial charge on any atom is -0.364 e. The number of hydrogen-bond acceptors (Lipinski definition) is 5. The predicted molar refractivity (Wildman–Crippen MR) is 71.1 cm³/mol. The Morgan fingerprint density at radius 1 is 1.42 bits per heavy atom. The zero-order valence-corrected chi connectivity index (χ0v) is 11.3. The van der Waals surface area contributed by atoms with E-state index in [1.54, 1.807) is 9.20 Å².